The third kappa shape index (κ3) is 2.69. The molecule has 29 heavy (non-hydrogen) atoms. The molecule has 0 radical (unpaired) electrons. The lowest BCUT2D eigenvalue weighted by atomic mass is 9.97. The van der Waals surface area contributed by atoms with Crippen LogP contribution in [0.5, 0.6) is 0 Å². The van der Waals surface area contributed by atoms with Gasteiger partial charge in [-0.05, 0) is 54.8 Å². The van der Waals surface area contributed by atoms with Crippen LogP contribution in [0.1, 0.15) is 38.9 Å². The van der Waals surface area contributed by atoms with Crippen LogP contribution < -0.4 is 10.3 Å². The van der Waals surface area contributed by atoms with E-state index in [0.717, 1.165) is 11.1 Å². The number of aromatic nitrogens is 2. The number of halogens is 1. The first kappa shape index (κ1) is 18.0. The van der Waals surface area contributed by atoms with Crippen molar-refractivity contribution >= 4 is 44.9 Å². The number of hydrogen-bond acceptors (Lipinski definition) is 6. The van der Waals surface area contributed by atoms with Gasteiger partial charge in [-0.15, -0.1) is 10.2 Å². The Labute approximate surface area is 174 Å². The van der Waals surface area contributed by atoms with Gasteiger partial charge in [-0.25, -0.2) is 0 Å². The van der Waals surface area contributed by atoms with E-state index in [1.54, 1.807) is 29.8 Å². The Bertz CT molecular complexity index is 1350. The first-order valence-electron chi connectivity index (χ1n) is 8.89. The van der Waals surface area contributed by atoms with Crippen molar-refractivity contribution in [3.8, 4) is 0 Å². The minimum atomic E-state index is -0.689. The Morgan fingerprint density at radius 3 is 2.66 bits per heavy atom. The third-order valence-corrected chi connectivity index (χ3v) is 6.13. The number of aryl methyl sites for hydroxylation is 2. The summed E-state index contributed by atoms with van der Waals surface area (Å²) < 4.78 is 5.98. The van der Waals surface area contributed by atoms with Crippen LogP contribution in [-0.2, 0) is 0 Å². The van der Waals surface area contributed by atoms with Gasteiger partial charge in [-0.1, -0.05) is 35.1 Å². The third-order valence-electron chi connectivity index (χ3n) is 5.21. The first-order valence-corrected chi connectivity index (χ1v) is 10.1. The molecule has 1 amide bonds. The summed E-state index contributed by atoms with van der Waals surface area (Å²) in [4.78, 5) is 28.3. The van der Waals surface area contributed by atoms with E-state index in [0.29, 0.717) is 32.3 Å². The zero-order valence-electron chi connectivity index (χ0n) is 15.5. The van der Waals surface area contributed by atoms with Crippen LogP contribution in [0.15, 0.2) is 51.1 Å². The molecule has 1 atom stereocenters. The van der Waals surface area contributed by atoms with Gasteiger partial charge < -0.3 is 4.42 Å². The standard InChI is InChI=1S/C21H14ClN3O3S/c1-10-6-14-15(7-11(10)2)28-19-16(18(14)26)17(12-4-3-5-13(22)8-12)25(20(19)27)21-24-23-9-29-21/h3-9,17H,1-2H3. The fourth-order valence-corrected chi connectivity index (χ4v) is 4.47. The Morgan fingerprint density at radius 2 is 1.93 bits per heavy atom. The van der Waals surface area contributed by atoms with Crippen molar-refractivity contribution in [2.75, 3.05) is 4.90 Å². The second kappa shape index (κ2) is 6.50. The molecule has 0 saturated heterocycles. The maximum absolute atomic E-state index is 13.5. The van der Waals surface area contributed by atoms with E-state index in [-0.39, 0.29) is 11.2 Å². The van der Waals surface area contributed by atoms with E-state index >= 15 is 0 Å². The van der Waals surface area contributed by atoms with Crippen LogP contribution in [0.3, 0.4) is 0 Å². The van der Waals surface area contributed by atoms with Crippen molar-refractivity contribution in [3.05, 3.63) is 85.2 Å². The lowest BCUT2D eigenvalue weighted by molar-refractivity contribution is 0.0970. The highest BCUT2D eigenvalue weighted by molar-refractivity contribution is 7.13. The van der Waals surface area contributed by atoms with E-state index < -0.39 is 11.9 Å². The average Bonchev–Trinajstić information content (AvgIpc) is 3.30. The Morgan fingerprint density at radius 1 is 1.14 bits per heavy atom. The fraction of sp³-hybridized carbons (Fsp3) is 0.143. The SMILES string of the molecule is Cc1cc2oc3c(c(=O)c2cc1C)C(c1cccc(Cl)c1)N(c1nncs1)C3=O. The number of benzene rings is 2. The maximum atomic E-state index is 13.5. The van der Waals surface area contributed by atoms with Crippen LogP contribution in [0.2, 0.25) is 5.02 Å². The van der Waals surface area contributed by atoms with Crippen LogP contribution in [0.25, 0.3) is 11.0 Å². The van der Waals surface area contributed by atoms with Gasteiger partial charge in [0.1, 0.15) is 11.1 Å². The monoisotopic (exact) mass is 423 g/mol. The maximum Gasteiger partial charge on any atom is 0.297 e. The smallest absolute Gasteiger partial charge is 0.297 e. The number of hydrogen-bond donors (Lipinski definition) is 0. The lowest BCUT2D eigenvalue weighted by Crippen LogP contribution is -2.29. The van der Waals surface area contributed by atoms with E-state index in [9.17, 15) is 9.59 Å². The molecule has 2 aromatic carbocycles. The van der Waals surface area contributed by atoms with Crippen molar-refractivity contribution in [1.29, 1.82) is 0 Å². The van der Waals surface area contributed by atoms with Gasteiger partial charge in [0.2, 0.25) is 10.9 Å². The molecule has 0 N–H and O–H groups in total. The molecule has 4 aromatic rings. The van der Waals surface area contributed by atoms with Gasteiger partial charge in [0, 0.05) is 5.02 Å². The largest absolute Gasteiger partial charge is 0.450 e. The summed E-state index contributed by atoms with van der Waals surface area (Å²) in [5, 5.41) is 9.26. The van der Waals surface area contributed by atoms with Crippen molar-refractivity contribution < 1.29 is 9.21 Å². The molecule has 0 bridgehead atoms. The number of rotatable bonds is 2. The predicted molar refractivity (Wildman–Crippen MR) is 112 cm³/mol. The van der Waals surface area contributed by atoms with Crippen molar-refractivity contribution in [3.63, 3.8) is 0 Å². The van der Waals surface area contributed by atoms with E-state index in [2.05, 4.69) is 10.2 Å². The number of anilines is 1. The molecule has 1 unspecified atom stereocenters. The predicted octanol–water partition coefficient (Wildman–Crippen LogP) is 4.66. The van der Waals surface area contributed by atoms with Crippen molar-refractivity contribution in [2.24, 2.45) is 0 Å². The summed E-state index contributed by atoms with van der Waals surface area (Å²) in [6, 6.07) is 10.0. The van der Waals surface area contributed by atoms with Gasteiger partial charge >= 0.3 is 0 Å². The van der Waals surface area contributed by atoms with Crippen LogP contribution >= 0.6 is 22.9 Å². The molecule has 8 heteroatoms. The molecule has 0 saturated carbocycles. The summed E-state index contributed by atoms with van der Waals surface area (Å²) in [6.45, 7) is 3.88. The zero-order chi connectivity index (χ0) is 20.3. The number of carbonyl (C=O) groups is 1. The number of fused-ring (bicyclic) bond motifs is 2. The van der Waals surface area contributed by atoms with Gasteiger partial charge in [-0.3, -0.25) is 14.5 Å². The Kier molecular flexibility index (Phi) is 4.04. The molecule has 1 aliphatic rings. The van der Waals surface area contributed by atoms with Crippen LogP contribution in [-0.4, -0.2) is 16.1 Å². The molecule has 6 nitrogen and oxygen atoms in total. The topological polar surface area (TPSA) is 76.3 Å². The molecular weight excluding hydrogens is 410 g/mol. The number of carbonyl (C=O) groups excluding carboxylic acids is 1. The molecule has 0 aliphatic carbocycles. The second-order valence-corrected chi connectivity index (χ2v) is 8.21. The van der Waals surface area contributed by atoms with Gasteiger partial charge in [-0.2, -0.15) is 0 Å². The molecule has 2 aromatic heterocycles. The molecular formula is C21H14ClN3O3S. The highest BCUT2D eigenvalue weighted by Gasteiger charge is 2.45. The Hall–Kier alpha value is -3.03. The zero-order valence-corrected chi connectivity index (χ0v) is 17.0. The van der Waals surface area contributed by atoms with E-state index in [4.69, 9.17) is 16.0 Å². The van der Waals surface area contributed by atoms with E-state index in [1.807, 2.05) is 26.0 Å². The van der Waals surface area contributed by atoms with Gasteiger partial charge in [0.25, 0.3) is 5.91 Å². The first-order chi connectivity index (χ1) is 14.0. The normalized spacial score (nSPS) is 15.9. The number of nitrogens with zero attached hydrogens (tertiary/aromatic N) is 3. The average molecular weight is 424 g/mol. The van der Waals surface area contributed by atoms with Crippen molar-refractivity contribution in [2.45, 2.75) is 19.9 Å². The van der Waals surface area contributed by atoms with Crippen molar-refractivity contribution in [1.82, 2.24) is 10.2 Å². The van der Waals surface area contributed by atoms with Gasteiger partial charge in [0.05, 0.1) is 17.0 Å². The van der Waals surface area contributed by atoms with Crippen LogP contribution in [0, 0.1) is 13.8 Å². The second-order valence-electron chi connectivity index (χ2n) is 6.96. The molecule has 0 spiro atoms. The molecule has 5 rings (SSSR count). The highest BCUT2D eigenvalue weighted by Crippen LogP contribution is 2.42. The molecule has 0 fully saturated rings. The fourth-order valence-electron chi connectivity index (χ4n) is 3.69. The van der Waals surface area contributed by atoms with Crippen LogP contribution in [0.4, 0.5) is 5.13 Å². The summed E-state index contributed by atoms with van der Waals surface area (Å²) in [6.07, 6.45) is 0. The highest BCUT2D eigenvalue weighted by atomic mass is 35.5. The van der Waals surface area contributed by atoms with E-state index in [1.165, 1.54) is 16.2 Å². The number of amides is 1. The Balaban J connectivity index is 1.85. The summed E-state index contributed by atoms with van der Waals surface area (Å²) >= 11 is 7.42. The van der Waals surface area contributed by atoms with Gasteiger partial charge in [0.15, 0.2) is 5.43 Å². The summed E-state index contributed by atoms with van der Waals surface area (Å²) in [5.41, 5.74) is 4.68. The lowest BCUT2D eigenvalue weighted by Gasteiger charge is -2.22. The quantitative estimate of drug-likeness (QED) is 0.468. The molecule has 144 valence electrons. The minimum absolute atomic E-state index is 0.0333. The summed E-state index contributed by atoms with van der Waals surface area (Å²) in [7, 11) is 0. The summed E-state index contributed by atoms with van der Waals surface area (Å²) in [5.74, 6) is -0.384. The molecule has 3 heterocycles. The minimum Gasteiger partial charge on any atom is -0.450 e. The molecule has 1 aliphatic heterocycles.